The van der Waals surface area contributed by atoms with Crippen molar-refractivity contribution in [1.82, 2.24) is 10.5 Å². The van der Waals surface area contributed by atoms with Crippen LogP contribution in [0.1, 0.15) is 33.5 Å². The summed E-state index contributed by atoms with van der Waals surface area (Å²) in [5.74, 6) is 1.41. The molecule has 2 N–H and O–H groups in total. The van der Waals surface area contributed by atoms with Crippen LogP contribution >= 0.6 is 11.8 Å². The Labute approximate surface area is 129 Å². The van der Waals surface area contributed by atoms with E-state index < -0.39 is 0 Å². The molecule has 118 valence electrons. The van der Waals surface area contributed by atoms with Crippen LogP contribution in [0.4, 0.5) is 5.82 Å². The van der Waals surface area contributed by atoms with Crippen LogP contribution in [-0.2, 0) is 9.59 Å². The molecule has 0 saturated heterocycles. The van der Waals surface area contributed by atoms with E-state index in [0.29, 0.717) is 17.5 Å². The third-order valence-corrected chi connectivity index (χ3v) is 4.24. The smallest absolute Gasteiger partial charge is 0.238 e. The summed E-state index contributed by atoms with van der Waals surface area (Å²) < 4.78 is 4.87. The Morgan fingerprint density at radius 2 is 2.00 bits per heavy atom. The molecule has 0 aromatic carbocycles. The van der Waals surface area contributed by atoms with Crippen molar-refractivity contribution in [2.45, 2.75) is 45.9 Å². The summed E-state index contributed by atoms with van der Waals surface area (Å²) in [6.07, 6.45) is 0. The van der Waals surface area contributed by atoms with Crippen molar-refractivity contribution < 1.29 is 14.1 Å². The maximum Gasteiger partial charge on any atom is 0.238 e. The fraction of sp³-hybridized carbons (Fsp3) is 0.643. The minimum Gasteiger partial charge on any atom is -0.360 e. The molecule has 1 aromatic rings. The first-order valence-electron chi connectivity index (χ1n) is 6.94. The zero-order chi connectivity index (χ0) is 16.0. The van der Waals surface area contributed by atoms with Gasteiger partial charge in [0.15, 0.2) is 5.82 Å². The van der Waals surface area contributed by atoms with Crippen LogP contribution in [-0.4, -0.2) is 34.0 Å². The highest BCUT2D eigenvalue weighted by Gasteiger charge is 2.18. The molecule has 1 rings (SSSR count). The van der Waals surface area contributed by atoms with E-state index in [4.69, 9.17) is 4.52 Å². The van der Waals surface area contributed by atoms with E-state index in [2.05, 4.69) is 15.8 Å². The van der Waals surface area contributed by atoms with E-state index >= 15 is 0 Å². The zero-order valence-electron chi connectivity index (χ0n) is 13.1. The number of nitrogens with zero attached hydrogens (tertiary/aromatic N) is 1. The standard InChI is InChI=1S/C14H23N3O3S/c1-8(2)10(4)15-13(18)7-21-11(5)14(19)16-12-6-9(3)20-17-12/h6,8,10-11H,7H2,1-5H3,(H,15,18)(H,16,17,19)/t10-,11-/m0/s1. The number of anilines is 1. The lowest BCUT2D eigenvalue weighted by molar-refractivity contribution is -0.119. The summed E-state index contributed by atoms with van der Waals surface area (Å²) in [4.78, 5) is 23.7. The van der Waals surface area contributed by atoms with Crippen LogP contribution in [0.3, 0.4) is 0 Å². The molecule has 2 atom stereocenters. The number of carbonyl (C=O) groups excluding carboxylic acids is 2. The number of hydrogen-bond donors (Lipinski definition) is 2. The van der Waals surface area contributed by atoms with Gasteiger partial charge in [0.25, 0.3) is 0 Å². The molecule has 0 radical (unpaired) electrons. The van der Waals surface area contributed by atoms with Gasteiger partial charge < -0.3 is 15.2 Å². The maximum absolute atomic E-state index is 11.9. The topological polar surface area (TPSA) is 84.2 Å². The van der Waals surface area contributed by atoms with Crippen LogP contribution in [0, 0.1) is 12.8 Å². The second-order valence-electron chi connectivity index (χ2n) is 5.37. The van der Waals surface area contributed by atoms with Crippen LogP contribution in [0.15, 0.2) is 10.6 Å². The average Bonchev–Trinajstić information content (AvgIpc) is 2.81. The molecule has 1 aromatic heterocycles. The molecule has 21 heavy (non-hydrogen) atoms. The minimum atomic E-state index is -0.345. The maximum atomic E-state index is 11.9. The third kappa shape index (κ3) is 6.20. The zero-order valence-corrected chi connectivity index (χ0v) is 13.9. The van der Waals surface area contributed by atoms with Crippen molar-refractivity contribution in [3.8, 4) is 0 Å². The first-order valence-corrected chi connectivity index (χ1v) is 7.99. The second kappa shape index (κ2) is 8.07. The van der Waals surface area contributed by atoms with Gasteiger partial charge in [-0.2, -0.15) is 0 Å². The lowest BCUT2D eigenvalue weighted by Crippen LogP contribution is -2.37. The van der Waals surface area contributed by atoms with Crippen molar-refractivity contribution in [3.63, 3.8) is 0 Å². The van der Waals surface area contributed by atoms with Gasteiger partial charge in [-0.05, 0) is 26.7 Å². The Bertz CT molecular complexity index is 488. The molecule has 1 heterocycles. The highest BCUT2D eigenvalue weighted by Crippen LogP contribution is 2.14. The molecule has 6 nitrogen and oxygen atoms in total. The number of amides is 2. The fourth-order valence-electron chi connectivity index (χ4n) is 1.39. The first-order chi connectivity index (χ1) is 9.79. The molecular weight excluding hydrogens is 290 g/mol. The van der Waals surface area contributed by atoms with Gasteiger partial charge in [-0.3, -0.25) is 9.59 Å². The number of rotatable bonds is 7. The van der Waals surface area contributed by atoms with E-state index in [0.717, 1.165) is 0 Å². The number of nitrogens with one attached hydrogen (secondary N) is 2. The Balaban J connectivity index is 2.34. The molecular formula is C14H23N3O3S. The monoisotopic (exact) mass is 313 g/mol. The highest BCUT2D eigenvalue weighted by atomic mass is 32.2. The molecule has 0 unspecified atom stereocenters. The lowest BCUT2D eigenvalue weighted by atomic mass is 10.1. The number of aryl methyl sites for hydroxylation is 1. The summed E-state index contributed by atoms with van der Waals surface area (Å²) >= 11 is 1.29. The summed E-state index contributed by atoms with van der Waals surface area (Å²) in [5, 5.41) is 8.91. The number of carbonyl (C=O) groups is 2. The van der Waals surface area contributed by atoms with E-state index in [1.165, 1.54) is 11.8 Å². The van der Waals surface area contributed by atoms with E-state index in [-0.39, 0.29) is 28.9 Å². The van der Waals surface area contributed by atoms with Gasteiger partial charge >= 0.3 is 0 Å². The van der Waals surface area contributed by atoms with Gasteiger partial charge in [0.2, 0.25) is 11.8 Å². The van der Waals surface area contributed by atoms with Crippen molar-refractivity contribution in [2.75, 3.05) is 11.1 Å². The van der Waals surface area contributed by atoms with E-state index in [9.17, 15) is 9.59 Å². The molecule has 0 bridgehead atoms. The van der Waals surface area contributed by atoms with Gasteiger partial charge in [-0.1, -0.05) is 19.0 Å². The molecule has 7 heteroatoms. The number of aromatic nitrogens is 1. The molecule has 0 aliphatic carbocycles. The average molecular weight is 313 g/mol. The Morgan fingerprint density at radius 1 is 1.33 bits per heavy atom. The normalized spacial score (nSPS) is 13.8. The Morgan fingerprint density at radius 3 is 2.52 bits per heavy atom. The molecule has 0 aliphatic rings. The predicted octanol–water partition coefficient (Wildman–Crippen LogP) is 2.20. The number of thioether (sulfide) groups is 1. The molecule has 2 amide bonds. The van der Waals surface area contributed by atoms with E-state index in [1.54, 1.807) is 19.9 Å². The summed E-state index contributed by atoms with van der Waals surface area (Å²) in [6.45, 7) is 9.57. The minimum absolute atomic E-state index is 0.0573. The summed E-state index contributed by atoms with van der Waals surface area (Å²) in [5.41, 5.74) is 0. The Hall–Kier alpha value is -1.50. The highest BCUT2D eigenvalue weighted by molar-refractivity contribution is 8.01. The largest absolute Gasteiger partial charge is 0.360 e. The number of hydrogen-bond acceptors (Lipinski definition) is 5. The fourth-order valence-corrected chi connectivity index (χ4v) is 2.09. The van der Waals surface area contributed by atoms with Crippen LogP contribution < -0.4 is 10.6 Å². The Kier molecular flexibility index (Phi) is 6.74. The van der Waals surface area contributed by atoms with Gasteiger partial charge in [0, 0.05) is 12.1 Å². The van der Waals surface area contributed by atoms with Gasteiger partial charge in [0.1, 0.15) is 5.76 Å². The van der Waals surface area contributed by atoms with Crippen LogP contribution in [0.2, 0.25) is 0 Å². The van der Waals surface area contributed by atoms with Crippen molar-refractivity contribution in [3.05, 3.63) is 11.8 Å². The summed E-state index contributed by atoms with van der Waals surface area (Å²) in [7, 11) is 0. The predicted molar refractivity (Wildman–Crippen MR) is 84.2 cm³/mol. The van der Waals surface area contributed by atoms with Crippen molar-refractivity contribution >= 4 is 29.4 Å². The van der Waals surface area contributed by atoms with Crippen LogP contribution in [0.5, 0.6) is 0 Å². The van der Waals surface area contributed by atoms with Gasteiger partial charge in [0.05, 0.1) is 11.0 Å². The van der Waals surface area contributed by atoms with Crippen LogP contribution in [0.25, 0.3) is 0 Å². The summed E-state index contributed by atoms with van der Waals surface area (Å²) in [6, 6.07) is 1.77. The molecule has 0 aliphatic heterocycles. The molecule has 0 saturated carbocycles. The van der Waals surface area contributed by atoms with E-state index in [1.807, 2.05) is 20.8 Å². The molecule has 0 fully saturated rings. The van der Waals surface area contributed by atoms with Gasteiger partial charge in [-0.15, -0.1) is 11.8 Å². The second-order valence-corrected chi connectivity index (χ2v) is 6.69. The van der Waals surface area contributed by atoms with Gasteiger partial charge in [-0.25, -0.2) is 0 Å². The van der Waals surface area contributed by atoms with Crippen molar-refractivity contribution in [2.24, 2.45) is 5.92 Å². The SMILES string of the molecule is Cc1cc(NC(=O)[C@H](C)SCC(=O)N[C@@H](C)C(C)C)no1. The van der Waals surface area contributed by atoms with Crippen molar-refractivity contribution in [1.29, 1.82) is 0 Å². The molecule has 0 spiro atoms. The first kappa shape index (κ1) is 17.6. The quantitative estimate of drug-likeness (QED) is 0.806. The third-order valence-electron chi connectivity index (χ3n) is 3.10. The lowest BCUT2D eigenvalue weighted by Gasteiger charge is -2.18.